The van der Waals surface area contributed by atoms with E-state index >= 15 is 0 Å². The molecule has 0 amide bonds. The number of fused-ring (bicyclic) bond motifs is 1. The summed E-state index contributed by atoms with van der Waals surface area (Å²) >= 11 is 0. The van der Waals surface area contributed by atoms with Gasteiger partial charge in [-0.2, -0.15) is 8.78 Å². The average Bonchev–Trinajstić information content (AvgIpc) is 3.22. The maximum Gasteiger partial charge on any atom is 0.319 e. The Bertz CT molecular complexity index is 844. The zero-order valence-electron chi connectivity index (χ0n) is 13.3. The third kappa shape index (κ3) is 4.41. The summed E-state index contributed by atoms with van der Waals surface area (Å²) in [5, 5.41) is 14.2. The molecule has 3 heterocycles. The normalized spacial score (nSPS) is 11.6. The first-order valence-electron chi connectivity index (χ1n) is 7.22. The Morgan fingerprint density at radius 3 is 2.64 bits per heavy atom. The standard InChI is InChI=1S/C14H16F2N8.HI/c1-17-14(19-8-11-18-5-7-24(11)13(15)16)20-9-12-22-21-10-4-2-3-6-23(10)12;/h2-7,13H,8-9H2,1H3,(H2,17,19,20);1H. The molecule has 0 aromatic carbocycles. The highest BCUT2D eigenvalue weighted by molar-refractivity contribution is 14.0. The summed E-state index contributed by atoms with van der Waals surface area (Å²) in [6.45, 7) is -2.12. The summed E-state index contributed by atoms with van der Waals surface area (Å²) in [4.78, 5) is 7.96. The molecule has 2 N–H and O–H groups in total. The van der Waals surface area contributed by atoms with Crippen molar-refractivity contribution in [3.63, 3.8) is 0 Å². The largest absolute Gasteiger partial charge is 0.349 e. The van der Waals surface area contributed by atoms with Gasteiger partial charge in [-0.1, -0.05) is 6.07 Å². The first kappa shape index (κ1) is 19.0. The van der Waals surface area contributed by atoms with Gasteiger partial charge < -0.3 is 10.6 Å². The highest BCUT2D eigenvalue weighted by Crippen LogP contribution is 2.11. The lowest BCUT2D eigenvalue weighted by Gasteiger charge is -2.12. The van der Waals surface area contributed by atoms with E-state index < -0.39 is 6.55 Å². The lowest BCUT2D eigenvalue weighted by molar-refractivity contribution is 0.0668. The Morgan fingerprint density at radius 1 is 1.16 bits per heavy atom. The number of rotatable bonds is 5. The highest BCUT2D eigenvalue weighted by Gasteiger charge is 2.12. The summed E-state index contributed by atoms with van der Waals surface area (Å²) in [6, 6.07) is 5.62. The molecule has 0 aliphatic heterocycles. The van der Waals surface area contributed by atoms with Crippen LogP contribution in [-0.2, 0) is 13.1 Å². The molecule has 0 spiro atoms. The number of hydrogen-bond acceptors (Lipinski definition) is 4. The van der Waals surface area contributed by atoms with Gasteiger partial charge in [0.15, 0.2) is 17.4 Å². The SMILES string of the molecule is CN=C(NCc1nccn1C(F)F)NCc1nnc2ccccn12.I. The first-order valence-corrected chi connectivity index (χ1v) is 7.22. The third-order valence-corrected chi connectivity index (χ3v) is 3.39. The van der Waals surface area contributed by atoms with Gasteiger partial charge in [0.05, 0.1) is 13.1 Å². The quantitative estimate of drug-likeness (QED) is 0.344. The van der Waals surface area contributed by atoms with Crippen LogP contribution in [-0.4, -0.2) is 37.2 Å². The smallest absolute Gasteiger partial charge is 0.319 e. The van der Waals surface area contributed by atoms with Crippen LogP contribution in [0.2, 0.25) is 0 Å². The zero-order valence-corrected chi connectivity index (χ0v) is 15.6. The number of imidazole rings is 1. The van der Waals surface area contributed by atoms with Crippen molar-refractivity contribution in [1.82, 2.24) is 34.8 Å². The highest BCUT2D eigenvalue weighted by atomic mass is 127. The topological polar surface area (TPSA) is 84.4 Å². The Balaban J connectivity index is 0.00000225. The van der Waals surface area contributed by atoms with Gasteiger partial charge in [-0.25, -0.2) is 4.98 Å². The van der Waals surface area contributed by atoms with Crippen LogP contribution in [0.3, 0.4) is 0 Å². The summed E-state index contributed by atoms with van der Waals surface area (Å²) < 4.78 is 28.2. The monoisotopic (exact) mass is 462 g/mol. The van der Waals surface area contributed by atoms with Gasteiger partial charge >= 0.3 is 6.55 Å². The molecule has 25 heavy (non-hydrogen) atoms. The van der Waals surface area contributed by atoms with Crippen molar-refractivity contribution in [2.75, 3.05) is 7.05 Å². The number of halogens is 3. The van der Waals surface area contributed by atoms with E-state index in [1.165, 1.54) is 12.4 Å². The fourth-order valence-electron chi connectivity index (χ4n) is 2.22. The molecule has 0 radical (unpaired) electrons. The summed E-state index contributed by atoms with van der Waals surface area (Å²) in [6.07, 6.45) is 4.43. The van der Waals surface area contributed by atoms with Crippen LogP contribution in [0.1, 0.15) is 18.2 Å². The van der Waals surface area contributed by atoms with Gasteiger partial charge in [0.1, 0.15) is 5.82 Å². The van der Waals surface area contributed by atoms with E-state index in [2.05, 4.69) is 30.8 Å². The van der Waals surface area contributed by atoms with Crippen molar-refractivity contribution >= 4 is 35.6 Å². The number of aliphatic imine (C=N–C) groups is 1. The molecule has 11 heteroatoms. The van der Waals surface area contributed by atoms with Crippen LogP contribution in [0.4, 0.5) is 8.78 Å². The van der Waals surface area contributed by atoms with Gasteiger partial charge in [0.2, 0.25) is 0 Å². The first-order chi connectivity index (χ1) is 11.7. The fraction of sp³-hybridized carbons (Fsp3) is 0.286. The van der Waals surface area contributed by atoms with Crippen LogP contribution in [0.15, 0.2) is 41.8 Å². The average molecular weight is 462 g/mol. The van der Waals surface area contributed by atoms with Gasteiger partial charge in [-0.3, -0.25) is 14.0 Å². The number of nitrogens with one attached hydrogen (secondary N) is 2. The van der Waals surface area contributed by atoms with E-state index in [1.54, 1.807) is 7.05 Å². The van der Waals surface area contributed by atoms with Gasteiger partial charge in [0.25, 0.3) is 0 Å². The maximum absolute atomic E-state index is 12.8. The van der Waals surface area contributed by atoms with Crippen molar-refractivity contribution < 1.29 is 8.78 Å². The Morgan fingerprint density at radius 2 is 1.92 bits per heavy atom. The molecule has 0 aliphatic carbocycles. The molecule has 0 atom stereocenters. The molecular weight excluding hydrogens is 445 g/mol. The number of aromatic nitrogens is 5. The minimum Gasteiger partial charge on any atom is -0.349 e. The van der Waals surface area contributed by atoms with Gasteiger partial charge in [-0.05, 0) is 12.1 Å². The van der Waals surface area contributed by atoms with Crippen LogP contribution in [0.25, 0.3) is 5.65 Å². The summed E-state index contributed by atoms with van der Waals surface area (Å²) in [5.41, 5.74) is 0.746. The molecule has 0 saturated carbocycles. The Hall–Kier alpha value is -2.31. The second-order valence-corrected chi connectivity index (χ2v) is 4.85. The second kappa shape index (κ2) is 8.69. The Labute approximate surface area is 159 Å². The number of alkyl halides is 2. The van der Waals surface area contributed by atoms with E-state index in [0.29, 0.717) is 18.3 Å². The predicted octanol–water partition coefficient (Wildman–Crippen LogP) is 1.80. The number of nitrogens with zero attached hydrogens (tertiary/aromatic N) is 6. The fourth-order valence-corrected chi connectivity index (χ4v) is 2.22. The van der Waals surface area contributed by atoms with Crippen LogP contribution in [0, 0.1) is 0 Å². The van der Waals surface area contributed by atoms with E-state index in [4.69, 9.17) is 0 Å². The van der Waals surface area contributed by atoms with E-state index in [9.17, 15) is 8.78 Å². The molecule has 0 unspecified atom stereocenters. The number of guanidine groups is 1. The maximum atomic E-state index is 12.8. The van der Waals surface area contributed by atoms with E-state index in [0.717, 1.165) is 10.2 Å². The Kier molecular flexibility index (Phi) is 6.61. The second-order valence-electron chi connectivity index (χ2n) is 4.85. The molecule has 0 fully saturated rings. The molecule has 8 nitrogen and oxygen atoms in total. The number of pyridine rings is 1. The number of hydrogen-bond donors (Lipinski definition) is 2. The molecule has 0 aliphatic rings. The van der Waals surface area contributed by atoms with Crippen molar-refractivity contribution in [2.45, 2.75) is 19.6 Å². The minimum absolute atomic E-state index is 0. The van der Waals surface area contributed by atoms with Gasteiger partial charge in [-0.15, -0.1) is 34.2 Å². The predicted molar refractivity (Wildman–Crippen MR) is 98.9 cm³/mol. The van der Waals surface area contributed by atoms with Crippen LogP contribution < -0.4 is 10.6 Å². The third-order valence-electron chi connectivity index (χ3n) is 3.39. The minimum atomic E-state index is -2.62. The molecular formula is C14H17F2IN8. The molecule has 3 rings (SSSR count). The van der Waals surface area contributed by atoms with Crippen LogP contribution >= 0.6 is 24.0 Å². The van der Waals surface area contributed by atoms with Crippen molar-refractivity contribution in [1.29, 1.82) is 0 Å². The molecule has 3 aromatic rings. The van der Waals surface area contributed by atoms with E-state index in [1.807, 2.05) is 28.8 Å². The summed E-state index contributed by atoms with van der Waals surface area (Å²) in [7, 11) is 1.59. The van der Waals surface area contributed by atoms with Gasteiger partial charge in [0, 0.05) is 25.6 Å². The van der Waals surface area contributed by atoms with Crippen molar-refractivity contribution in [3.8, 4) is 0 Å². The van der Waals surface area contributed by atoms with E-state index in [-0.39, 0.29) is 36.3 Å². The molecule has 0 bridgehead atoms. The van der Waals surface area contributed by atoms with Crippen LogP contribution in [0.5, 0.6) is 0 Å². The lowest BCUT2D eigenvalue weighted by Crippen LogP contribution is -2.37. The van der Waals surface area contributed by atoms with Crippen molar-refractivity contribution in [3.05, 3.63) is 48.4 Å². The molecule has 0 saturated heterocycles. The zero-order chi connectivity index (χ0) is 16.9. The molecule has 134 valence electrons. The molecule has 3 aromatic heterocycles. The van der Waals surface area contributed by atoms with Crippen molar-refractivity contribution in [2.24, 2.45) is 4.99 Å². The summed E-state index contributed by atoms with van der Waals surface area (Å²) in [5.74, 6) is 1.38. The lowest BCUT2D eigenvalue weighted by atomic mass is 10.4.